The van der Waals surface area contributed by atoms with Crippen molar-refractivity contribution in [2.24, 2.45) is 0 Å². The third-order valence-corrected chi connectivity index (χ3v) is 5.32. The molecular weight excluding hydrogens is 460 g/mol. The Morgan fingerprint density at radius 1 is 1.19 bits per heavy atom. The fourth-order valence-electron chi connectivity index (χ4n) is 3.04. The van der Waals surface area contributed by atoms with Crippen LogP contribution in [0.15, 0.2) is 40.4 Å². The SMILES string of the molecule is COc1ccc(CCNC(=O)/C(C#N)=C/c2cc(Br)c(O)c(C(C)(C)C)c2)cc1OC. The second-order valence-corrected chi connectivity index (χ2v) is 8.87. The van der Waals surface area contributed by atoms with Gasteiger partial charge in [-0.05, 0) is 69.2 Å². The Bertz CT molecular complexity index is 1030. The van der Waals surface area contributed by atoms with Crippen molar-refractivity contribution in [3.8, 4) is 23.3 Å². The van der Waals surface area contributed by atoms with Crippen LogP contribution in [0.2, 0.25) is 0 Å². The number of nitrogens with one attached hydrogen (secondary N) is 1. The van der Waals surface area contributed by atoms with Gasteiger partial charge in [-0.15, -0.1) is 0 Å². The number of nitriles is 1. The lowest BCUT2D eigenvalue weighted by Gasteiger charge is -2.21. The van der Waals surface area contributed by atoms with Crippen LogP contribution in [-0.2, 0) is 16.6 Å². The molecule has 0 aliphatic heterocycles. The van der Waals surface area contributed by atoms with Gasteiger partial charge in [-0.3, -0.25) is 4.79 Å². The van der Waals surface area contributed by atoms with E-state index in [9.17, 15) is 15.2 Å². The lowest BCUT2D eigenvalue weighted by Crippen LogP contribution is -2.26. The van der Waals surface area contributed by atoms with Crippen molar-refractivity contribution in [3.63, 3.8) is 0 Å². The van der Waals surface area contributed by atoms with E-state index in [2.05, 4.69) is 21.2 Å². The molecular formula is C24H27BrN2O4. The monoisotopic (exact) mass is 486 g/mol. The van der Waals surface area contributed by atoms with Crippen molar-refractivity contribution < 1.29 is 19.4 Å². The van der Waals surface area contributed by atoms with E-state index >= 15 is 0 Å². The number of halogens is 1. The molecule has 2 aromatic carbocycles. The maximum Gasteiger partial charge on any atom is 0.261 e. The lowest BCUT2D eigenvalue weighted by atomic mass is 9.85. The predicted octanol–water partition coefficient (Wildman–Crippen LogP) is 4.74. The first kappa shape index (κ1) is 24.3. The van der Waals surface area contributed by atoms with Gasteiger partial charge in [-0.2, -0.15) is 5.26 Å². The lowest BCUT2D eigenvalue weighted by molar-refractivity contribution is -0.117. The van der Waals surface area contributed by atoms with Gasteiger partial charge in [0.05, 0.1) is 18.7 Å². The number of carbonyl (C=O) groups excluding carboxylic acids is 1. The molecule has 7 heteroatoms. The molecule has 0 bridgehead atoms. The van der Waals surface area contributed by atoms with E-state index in [1.54, 1.807) is 26.4 Å². The Kier molecular flexibility index (Phi) is 8.12. The summed E-state index contributed by atoms with van der Waals surface area (Å²) in [6, 6.07) is 11.0. The van der Waals surface area contributed by atoms with E-state index < -0.39 is 5.91 Å². The number of ether oxygens (including phenoxy) is 2. The van der Waals surface area contributed by atoms with Gasteiger partial charge < -0.3 is 19.9 Å². The summed E-state index contributed by atoms with van der Waals surface area (Å²) >= 11 is 3.35. The molecule has 0 heterocycles. The van der Waals surface area contributed by atoms with E-state index in [-0.39, 0.29) is 16.7 Å². The molecule has 0 saturated heterocycles. The van der Waals surface area contributed by atoms with E-state index in [0.717, 1.165) is 11.1 Å². The van der Waals surface area contributed by atoms with Gasteiger partial charge in [0, 0.05) is 12.1 Å². The van der Waals surface area contributed by atoms with E-state index in [1.807, 2.05) is 45.0 Å². The fourth-order valence-corrected chi connectivity index (χ4v) is 3.52. The summed E-state index contributed by atoms with van der Waals surface area (Å²) in [6.45, 7) is 6.30. The van der Waals surface area contributed by atoms with E-state index in [0.29, 0.717) is 34.5 Å². The van der Waals surface area contributed by atoms with Crippen LogP contribution in [0.25, 0.3) is 6.08 Å². The molecule has 0 aliphatic carbocycles. The van der Waals surface area contributed by atoms with Crippen molar-refractivity contribution in [1.82, 2.24) is 5.32 Å². The smallest absolute Gasteiger partial charge is 0.261 e. The van der Waals surface area contributed by atoms with Gasteiger partial charge in [0.1, 0.15) is 17.4 Å². The molecule has 31 heavy (non-hydrogen) atoms. The summed E-state index contributed by atoms with van der Waals surface area (Å²) in [5.41, 5.74) is 2.04. The molecule has 1 amide bonds. The number of aromatic hydroxyl groups is 1. The number of benzene rings is 2. The molecule has 6 nitrogen and oxygen atoms in total. The highest BCUT2D eigenvalue weighted by Crippen LogP contribution is 2.37. The van der Waals surface area contributed by atoms with Crippen LogP contribution >= 0.6 is 15.9 Å². The molecule has 164 valence electrons. The second-order valence-electron chi connectivity index (χ2n) is 8.01. The third-order valence-electron chi connectivity index (χ3n) is 4.72. The Hall–Kier alpha value is -2.98. The number of amides is 1. The van der Waals surface area contributed by atoms with Gasteiger partial charge in [0.15, 0.2) is 11.5 Å². The van der Waals surface area contributed by atoms with Crippen LogP contribution in [0, 0.1) is 11.3 Å². The number of hydrogen-bond donors (Lipinski definition) is 2. The van der Waals surface area contributed by atoms with Crippen LogP contribution in [-0.4, -0.2) is 31.8 Å². The van der Waals surface area contributed by atoms with Gasteiger partial charge >= 0.3 is 0 Å². The molecule has 0 saturated carbocycles. The first-order valence-corrected chi connectivity index (χ1v) is 10.5. The Morgan fingerprint density at radius 2 is 1.87 bits per heavy atom. The molecule has 0 spiro atoms. The number of phenols is 1. The average Bonchev–Trinajstić information content (AvgIpc) is 2.73. The molecule has 0 atom stereocenters. The third kappa shape index (κ3) is 6.25. The van der Waals surface area contributed by atoms with Crippen LogP contribution in [0.4, 0.5) is 0 Å². The quantitative estimate of drug-likeness (QED) is 0.435. The van der Waals surface area contributed by atoms with Crippen molar-refractivity contribution in [1.29, 1.82) is 5.26 Å². The number of rotatable bonds is 7. The maximum absolute atomic E-state index is 12.5. The topological polar surface area (TPSA) is 91.6 Å². The molecule has 2 rings (SSSR count). The van der Waals surface area contributed by atoms with Crippen LogP contribution in [0.1, 0.15) is 37.5 Å². The summed E-state index contributed by atoms with van der Waals surface area (Å²) in [5.74, 6) is 0.961. The van der Waals surface area contributed by atoms with Crippen LogP contribution < -0.4 is 14.8 Å². The first-order chi connectivity index (χ1) is 14.6. The van der Waals surface area contributed by atoms with Crippen molar-refractivity contribution >= 4 is 27.9 Å². The predicted molar refractivity (Wildman–Crippen MR) is 124 cm³/mol. The average molecular weight is 487 g/mol. The number of carbonyl (C=O) groups is 1. The summed E-state index contributed by atoms with van der Waals surface area (Å²) < 4.78 is 11.0. The maximum atomic E-state index is 12.5. The summed E-state index contributed by atoms with van der Waals surface area (Å²) in [5, 5.41) is 22.6. The molecule has 0 fully saturated rings. The van der Waals surface area contributed by atoms with Crippen molar-refractivity contribution in [3.05, 3.63) is 57.1 Å². The van der Waals surface area contributed by atoms with E-state index in [4.69, 9.17) is 9.47 Å². The normalized spacial score (nSPS) is 11.6. The Morgan fingerprint density at radius 3 is 2.45 bits per heavy atom. The highest BCUT2D eigenvalue weighted by molar-refractivity contribution is 9.10. The first-order valence-electron chi connectivity index (χ1n) is 9.74. The van der Waals surface area contributed by atoms with Crippen LogP contribution in [0.5, 0.6) is 17.2 Å². The molecule has 2 N–H and O–H groups in total. The molecule has 0 aromatic heterocycles. The standard InChI is InChI=1S/C24H27BrN2O4/c1-24(2,3)18-11-16(12-19(25)22(18)28)10-17(14-26)23(29)27-9-8-15-6-7-20(30-4)21(13-15)31-5/h6-7,10-13,28H,8-9H2,1-5H3,(H,27,29)/b17-10+. The van der Waals surface area contributed by atoms with Crippen molar-refractivity contribution in [2.45, 2.75) is 32.6 Å². The molecule has 0 unspecified atom stereocenters. The zero-order valence-electron chi connectivity index (χ0n) is 18.4. The zero-order chi connectivity index (χ0) is 23.2. The summed E-state index contributed by atoms with van der Waals surface area (Å²) in [7, 11) is 3.14. The molecule has 0 aliphatic rings. The summed E-state index contributed by atoms with van der Waals surface area (Å²) in [6.07, 6.45) is 2.09. The Balaban J connectivity index is 2.13. The largest absolute Gasteiger partial charge is 0.506 e. The van der Waals surface area contributed by atoms with Gasteiger partial charge in [-0.1, -0.05) is 26.8 Å². The van der Waals surface area contributed by atoms with Gasteiger partial charge in [0.2, 0.25) is 0 Å². The zero-order valence-corrected chi connectivity index (χ0v) is 20.0. The molecule has 0 radical (unpaired) electrons. The van der Waals surface area contributed by atoms with Gasteiger partial charge in [0.25, 0.3) is 5.91 Å². The number of hydrogen-bond acceptors (Lipinski definition) is 5. The van der Waals surface area contributed by atoms with Gasteiger partial charge in [-0.25, -0.2) is 0 Å². The highest BCUT2D eigenvalue weighted by Gasteiger charge is 2.21. The van der Waals surface area contributed by atoms with Crippen molar-refractivity contribution in [2.75, 3.05) is 20.8 Å². The minimum absolute atomic E-state index is 0.00948. The minimum atomic E-state index is -0.454. The number of methoxy groups -OCH3 is 2. The fraction of sp³-hybridized carbons (Fsp3) is 0.333. The Labute approximate surface area is 191 Å². The number of nitrogens with zero attached hydrogens (tertiary/aromatic N) is 1. The summed E-state index contributed by atoms with van der Waals surface area (Å²) in [4.78, 5) is 12.5. The second kappa shape index (κ2) is 10.4. The highest BCUT2D eigenvalue weighted by atomic mass is 79.9. The van der Waals surface area contributed by atoms with Crippen LogP contribution in [0.3, 0.4) is 0 Å². The number of phenolic OH excluding ortho intramolecular Hbond substituents is 1. The van der Waals surface area contributed by atoms with E-state index in [1.165, 1.54) is 6.08 Å². The minimum Gasteiger partial charge on any atom is -0.506 e. The molecule has 2 aromatic rings.